The molecule has 1 aromatic carbocycles. The molecule has 0 unspecified atom stereocenters. The zero-order valence-electron chi connectivity index (χ0n) is 10.5. The molecule has 110 valence electrons. The summed E-state index contributed by atoms with van der Waals surface area (Å²) < 4.78 is 13.0. The zero-order chi connectivity index (χ0) is 15.3. The fraction of sp³-hybridized carbons (Fsp3) is 0.333. The van der Waals surface area contributed by atoms with Gasteiger partial charge in [-0.1, -0.05) is 36.5 Å². The van der Waals surface area contributed by atoms with Crippen LogP contribution in [0.25, 0.3) is 0 Å². The van der Waals surface area contributed by atoms with Gasteiger partial charge in [0.1, 0.15) is 11.9 Å². The minimum atomic E-state index is -1.14. The fourth-order valence-electron chi connectivity index (χ4n) is 1.52. The summed E-state index contributed by atoms with van der Waals surface area (Å²) in [5, 5.41) is 13.3. The van der Waals surface area contributed by atoms with Crippen molar-refractivity contribution in [2.45, 2.75) is 25.8 Å². The molecule has 1 atom stereocenters. The average molecular weight is 323 g/mol. The third-order valence-electron chi connectivity index (χ3n) is 2.43. The topological polar surface area (TPSA) is 78.4 Å². The fourth-order valence-corrected chi connectivity index (χ4v) is 2.07. The molecular weight excluding hydrogens is 310 g/mol. The Hall–Kier alpha value is -1.53. The Kier molecular flexibility index (Phi) is 6.04. The van der Waals surface area contributed by atoms with Crippen molar-refractivity contribution >= 4 is 40.9 Å². The van der Waals surface area contributed by atoms with E-state index in [2.05, 4.69) is 10.6 Å². The van der Waals surface area contributed by atoms with Crippen molar-refractivity contribution in [2.75, 3.05) is 5.32 Å². The number of anilines is 1. The summed E-state index contributed by atoms with van der Waals surface area (Å²) in [6.07, 6.45) is 0.878. The summed E-state index contributed by atoms with van der Waals surface area (Å²) >= 11 is 11.5. The van der Waals surface area contributed by atoms with E-state index in [4.69, 9.17) is 28.3 Å². The SMILES string of the molecule is CCC[C@H](NC(=O)Nc1c(Cl)cc(F)cc1Cl)C(=O)O. The number of carbonyl (C=O) groups excluding carboxylic acids is 1. The third kappa shape index (κ3) is 4.54. The Bertz CT molecular complexity index is 502. The van der Waals surface area contributed by atoms with Crippen LogP contribution in [-0.4, -0.2) is 23.1 Å². The number of hydrogen-bond acceptors (Lipinski definition) is 2. The van der Waals surface area contributed by atoms with Gasteiger partial charge in [-0.3, -0.25) is 0 Å². The average Bonchev–Trinajstić information content (AvgIpc) is 2.33. The minimum Gasteiger partial charge on any atom is -0.480 e. The number of benzene rings is 1. The van der Waals surface area contributed by atoms with Gasteiger partial charge in [-0.05, 0) is 18.6 Å². The van der Waals surface area contributed by atoms with Crippen molar-refractivity contribution in [3.63, 3.8) is 0 Å². The zero-order valence-corrected chi connectivity index (χ0v) is 12.1. The first-order valence-electron chi connectivity index (χ1n) is 5.80. The Morgan fingerprint density at radius 3 is 2.35 bits per heavy atom. The molecule has 0 saturated heterocycles. The van der Waals surface area contributed by atoms with Crippen LogP contribution in [0.15, 0.2) is 12.1 Å². The first-order valence-corrected chi connectivity index (χ1v) is 6.55. The maximum atomic E-state index is 13.0. The first-order chi connectivity index (χ1) is 9.35. The first kappa shape index (κ1) is 16.5. The lowest BCUT2D eigenvalue weighted by Crippen LogP contribution is -2.42. The molecule has 1 aromatic rings. The van der Waals surface area contributed by atoms with Crippen molar-refractivity contribution in [1.82, 2.24) is 5.32 Å². The summed E-state index contributed by atoms with van der Waals surface area (Å²) in [6, 6.07) is 0.187. The van der Waals surface area contributed by atoms with Gasteiger partial charge in [0.05, 0.1) is 15.7 Å². The Morgan fingerprint density at radius 1 is 1.35 bits per heavy atom. The molecule has 0 aliphatic heterocycles. The van der Waals surface area contributed by atoms with Crippen LogP contribution in [0.5, 0.6) is 0 Å². The number of amides is 2. The van der Waals surface area contributed by atoms with E-state index in [0.29, 0.717) is 6.42 Å². The number of aliphatic carboxylic acids is 1. The predicted molar refractivity (Wildman–Crippen MR) is 74.9 cm³/mol. The lowest BCUT2D eigenvalue weighted by Gasteiger charge is -2.15. The van der Waals surface area contributed by atoms with Crippen LogP contribution < -0.4 is 10.6 Å². The molecule has 0 heterocycles. The molecule has 0 fully saturated rings. The molecule has 0 aromatic heterocycles. The van der Waals surface area contributed by atoms with E-state index in [9.17, 15) is 14.0 Å². The standard InChI is InChI=1S/C12H13Cl2FN2O3/c1-2-3-9(11(18)19)16-12(20)17-10-7(13)4-6(15)5-8(10)14/h4-5,9H,2-3H2,1H3,(H,18,19)(H2,16,17,20)/t9-/m0/s1. The lowest BCUT2D eigenvalue weighted by molar-refractivity contribution is -0.139. The van der Waals surface area contributed by atoms with Crippen LogP contribution in [0, 0.1) is 5.82 Å². The molecule has 0 aliphatic rings. The predicted octanol–water partition coefficient (Wildman–Crippen LogP) is 3.51. The van der Waals surface area contributed by atoms with E-state index < -0.39 is 23.9 Å². The Labute approximate surface area is 125 Å². The molecule has 20 heavy (non-hydrogen) atoms. The minimum absolute atomic E-state index is 0.0212. The summed E-state index contributed by atoms with van der Waals surface area (Å²) in [6.45, 7) is 1.79. The van der Waals surface area contributed by atoms with Gasteiger partial charge in [-0.15, -0.1) is 0 Å². The summed E-state index contributed by atoms with van der Waals surface area (Å²) in [5.74, 6) is -1.78. The quantitative estimate of drug-likeness (QED) is 0.776. The molecule has 8 heteroatoms. The smallest absolute Gasteiger partial charge is 0.326 e. The van der Waals surface area contributed by atoms with Gasteiger partial charge >= 0.3 is 12.0 Å². The molecule has 0 radical (unpaired) electrons. The van der Waals surface area contributed by atoms with Crippen LogP contribution in [-0.2, 0) is 4.79 Å². The van der Waals surface area contributed by atoms with Crippen molar-refractivity contribution in [1.29, 1.82) is 0 Å². The van der Waals surface area contributed by atoms with Gasteiger partial charge in [0, 0.05) is 0 Å². The van der Waals surface area contributed by atoms with Crippen LogP contribution in [0.3, 0.4) is 0 Å². The van der Waals surface area contributed by atoms with E-state index in [1.807, 2.05) is 0 Å². The summed E-state index contributed by atoms with van der Waals surface area (Å²) in [4.78, 5) is 22.6. The number of carboxylic acid groups (broad SMARTS) is 1. The second-order valence-corrected chi connectivity index (χ2v) is 4.84. The molecular formula is C12H13Cl2FN2O3. The number of urea groups is 1. The maximum absolute atomic E-state index is 13.0. The van der Waals surface area contributed by atoms with Gasteiger partial charge in [-0.2, -0.15) is 0 Å². The molecule has 0 saturated carbocycles. The van der Waals surface area contributed by atoms with Crippen molar-refractivity contribution in [2.24, 2.45) is 0 Å². The molecule has 5 nitrogen and oxygen atoms in total. The highest BCUT2D eigenvalue weighted by molar-refractivity contribution is 6.39. The summed E-state index contributed by atoms with van der Waals surface area (Å²) in [5.41, 5.74) is 0.0212. The monoisotopic (exact) mass is 322 g/mol. The number of carbonyl (C=O) groups is 2. The van der Waals surface area contributed by atoms with Gasteiger partial charge in [0.2, 0.25) is 0 Å². The van der Waals surface area contributed by atoms with Gasteiger partial charge in [0.25, 0.3) is 0 Å². The number of hydrogen-bond donors (Lipinski definition) is 3. The van der Waals surface area contributed by atoms with Crippen molar-refractivity contribution in [3.05, 3.63) is 28.0 Å². The summed E-state index contributed by atoms with van der Waals surface area (Å²) in [7, 11) is 0. The van der Waals surface area contributed by atoms with E-state index in [1.165, 1.54) is 0 Å². The van der Waals surface area contributed by atoms with E-state index >= 15 is 0 Å². The number of halogens is 3. The number of rotatable bonds is 5. The third-order valence-corrected chi connectivity index (χ3v) is 3.02. The van der Waals surface area contributed by atoms with Crippen LogP contribution in [0.4, 0.5) is 14.9 Å². The highest BCUT2D eigenvalue weighted by atomic mass is 35.5. The van der Waals surface area contributed by atoms with Crippen LogP contribution in [0.1, 0.15) is 19.8 Å². The van der Waals surface area contributed by atoms with E-state index in [-0.39, 0.29) is 22.2 Å². The largest absolute Gasteiger partial charge is 0.480 e. The second kappa shape index (κ2) is 7.31. The molecule has 0 aliphatic carbocycles. The van der Waals surface area contributed by atoms with E-state index in [0.717, 1.165) is 12.1 Å². The second-order valence-electron chi connectivity index (χ2n) is 4.02. The maximum Gasteiger partial charge on any atom is 0.326 e. The molecule has 0 spiro atoms. The van der Waals surface area contributed by atoms with Crippen LogP contribution in [0.2, 0.25) is 10.0 Å². The van der Waals surface area contributed by atoms with Gasteiger partial charge < -0.3 is 15.7 Å². The highest BCUT2D eigenvalue weighted by Gasteiger charge is 2.20. The number of nitrogens with one attached hydrogen (secondary N) is 2. The highest BCUT2D eigenvalue weighted by Crippen LogP contribution is 2.31. The van der Waals surface area contributed by atoms with Crippen LogP contribution >= 0.6 is 23.2 Å². The Balaban J connectivity index is 2.78. The molecule has 1 rings (SSSR count). The van der Waals surface area contributed by atoms with E-state index in [1.54, 1.807) is 6.92 Å². The molecule has 2 amide bonds. The normalized spacial score (nSPS) is 11.8. The number of carboxylic acids is 1. The Morgan fingerprint density at radius 2 is 1.90 bits per heavy atom. The molecule has 0 bridgehead atoms. The lowest BCUT2D eigenvalue weighted by atomic mass is 10.2. The van der Waals surface area contributed by atoms with Gasteiger partial charge in [-0.25, -0.2) is 14.0 Å². The van der Waals surface area contributed by atoms with Crippen molar-refractivity contribution in [3.8, 4) is 0 Å². The van der Waals surface area contributed by atoms with Crippen molar-refractivity contribution < 1.29 is 19.1 Å². The molecule has 3 N–H and O–H groups in total. The van der Waals surface area contributed by atoms with Gasteiger partial charge in [0.15, 0.2) is 0 Å².